The number of carbonyl (C=O) groups excluding carboxylic acids is 1. The van der Waals surface area contributed by atoms with Crippen LogP contribution in [0.4, 0.5) is 5.88 Å². The van der Waals surface area contributed by atoms with Gasteiger partial charge in [-0.3, -0.25) is 14.9 Å². The van der Waals surface area contributed by atoms with E-state index in [-0.39, 0.29) is 18.2 Å². The summed E-state index contributed by atoms with van der Waals surface area (Å²) >= 11 is 0. The van der Waals surface area contributed by atoms with Gasteiger partial charge >= 0.3 is 5.88 Å². The van der Waals surface area contributed by atoms with Gasteiger partial charge in [-0.25, -0.2) is 0 Å². The first-order valence-corrected chi connectivity index (χ1v) is 4.46. The minimum absolute atomic E-state index is 0.142. The highest BCUT2D eigenvalue weighted by molar-refractivity contribution is 5.91. The molecule has 1 N–H and O–H groups in total. The molecule has 0 spiro atoms. The topological polar surface area (TPSA) is 109 Å². The predicted octanol–water partition coefficient (Wildman–Crippen LogP) is 1.08. The SMILES string of the molecule is CC(C#N)CNC(=O)c1ccc([N+](=O)[O-])o1. The van der Waals surface area contributed by atoms with E-state index < -0.39 is 16.7 Å². The lowest BCUT2D eigenvalue weighted by Gasteiger charge is -2.02. The van der Waals surface area contributed by atoms with Crippen LogP contribution in [-0.2, 0) is 0 Å². The Bertz CT molecular complexity index is 446. The molecule has 0 saturated heterocycles. The van der Waals surface area contributed by atoms with Crippen molar-refractivity contribution in [2.75, 3.05) is 6.54 Å². The van der Waals surface area contributed by atoms with Crippen molar-refractivity contribution in [1.29, 1.82) is 5.26 Å². The summed E-state index contributed by atoms with van der Waals surface area (Å²) in [5, 5.41) is 21.2. The van der Waals surface area contributed by atoms with Crippen LogP contribution >= 0.6 is 0 Å². The zero-order chi connectivity index (χ0) is 12.1. The van der Waals surface area contributed by atoms with Gasteiger partial charge in [0.25, 0.3) is 5.91 Å². The minimum atomic E-state index is -0.727. The van der Waals surface area contributed by atoms with Gasteiger partial charge < -0.3 is 9.73 Å². The number of carbonyl (C=O) groups is 1. The van der Waals surface area contributed by atoms with Crippen molar-refractivity contribution in [2.45, 2.75) is 6.92 Å². The molecule has 1 heterocycles. The summed E-state index contributed by atoms with van der Waals surface area (Å²) in [4.78, 5) is 20.9. The number of hydrogen-bond acceptors (Lipinski definition) is 5. The Morgan fingerprint density at radius 3 is 2.94 bits per heavy atom. The fraction of sp³-hybridized carbons (Fsp3) is 0.333. The highest BCUT2D eigenvalue weighted by Gasteiger charge is 2.17. The third kappa shape index (κ3) is 2.81. The molecule has 0 saturated carbocycles. The third-order valence-electron chi connectivity index (χ3n) is 1.78. The van der Waals surface area contributed by atoms with Gasteiger partial charge in [-0.2, -0.15) is 5.26 Å². The molecule has 1 amide bonds. The van der Waals surface area contributed by atoms with E-state index in [0.717, 1.165) is 6.07 Å². The smallest absolute Gasteiger partial charge is 0.395 e. The molecule has 1 aromatic heterocycles. The molecule has 0 aliphatic heterocycles. The number of nitrogens with one attached hydrogen (secondary N) is 1. The number of nitriles is 1. The second-order valence-electron chi connectivity index (χ2n) is 3.14. The van der Waals surface area contributed by atoms with E-state index >= 15 is 0 Å². The van der Waals surface area contributed by atoms with E-state index in [9.17, 15) is 14.9 Å². The number of hydrogen-bond donors (Lipinski definition) is 1. The lowest BCUT2D eigenvalue weighted by Crippen LogP contribution is -2.27. The molecular weight excluding hydrogens is 214 g/mol. The minimum Gasteiger partial charge on any atom is -0.395 e. The molecule has 16 heavy (non-hydrogen) atoms. The van der Waals surface area contributed by atoms with Crippen molar-refractivity contribution in [1.82, 2.24) is 5.32 Å². The van der Waals surface area contributed by atoms with Crippen LogP contribution in [0.5, 0.6) is 0 Å². The van der Waals surface area contributed by atoms with Crippen molar-refractivity contribution < 1.29 is 14.1 Å². The average molecular weight is 223 g/mol. The normalized spacial score (nSPS) is 11.5. The molecular formula is C9H9N3O4. The maximum Gasteiger partial charge on any atom is 0.433 e. The Balaban J connectivity index is 2.60. The maximum absolute atomic E-state index is 11.4. The quantitative estimate of drug-likeness (QED) is 0.606. The monoisotopic (exact) mass is 223 g/mol. The van der Waals surface area contributed by atoms with Gasteiger partial charge in [0.2, 0.25) is 0 Å². The van der Waals surface area contributed by atoms with Crippen LogP contribution in [0.15, 0.2) is 16.5 Å². The first-order valence-electron chi connectivity index (χ1n) is 4.46. The molecule has 1 unspecified atom stereocenters. The summed E-state index contributed by atoms with van der Waals surface area (Å²) in [5.74, 6) is -1.53. The molecule has 84 valence electrons. The standard InChI is InChI=1S/C9H9N3O4/c1-6(4-10)5-11-9(13)7-2-3-8(16-7)12(14)15/h2-3,6H,5H2,1H3,(H,11,13). The lowest BCUT2D eigenvalue weighted by molar-refractivity contribution is -0.402. The van der Waals surface area contributed by atoms with Gasteiger partial charge in [0.15, 0.2) is 5.76 Å². The van der Waals surface area contributed by atoms with E-state index in [1.165, 1.54) is 6.07 Å². The van der Waals surface area contributed by atoms with Gasteiger partial charge in [-0.15, -0.1) is 0 Å². The highest BCUT2D eigenvalue weighted by atomic mass is 16.6. The zero-order valence-corrected chi connectivity index (χ0v) is 8.47. The summed E-state index contributed by atoms with van der Waals surface area (Å²) in [6, 6.07) is 4.25. The Morgan fingerprint density at radius 1 is 1.75 bits per heavy atom. The van der Waals surface area contributed by atoms with Crippen LogP contribution in [0.3, 0.4) is 0 Å². The van der Waals surface area contributed by atoms with Gasteiger partial charge in [0.05, 0.1) is 18.1 Å². The first-order chi connectivity index (χ1) is 7.54. The predicted molar refractivity (Wildman–Crippen MR) is 52.5 cm³/mol. The van der Waals surface area contributed by atoms with Crippen molar-refractivity contribution in [3.05, 3.63) is 28.0 Å². The summed E-state index contributed by atoms with van der Waals surface area (Å²) in [6.07, 6.45) is 0. The van der Waals surface area contributed by atoms with E-state index in [4.69, 9.17) is 5.26 Å². The fourth-order valence-electron chi connectivity index (χ4n) is 0.926. The average Bonchev–Trinajstić information content (AvgIpc) is 2.74. The van der Waals surface area contributed by atoms with E-state index in [1.807, 2.05) is 6.07 Å². The Labute approximate surface area is 90.8 Å². The number of furan rings is 1. The molecule has 7 heteroatoms. The fourth-order valence-corrected chi connectivity index (χ4v) is 0.926. The van der Waals surface area contributed by atoms with Crippen molar-refractivity contribution in [2.24, 2.45) is 5.92 Å². The molecule has 0 radical (unpaired) electrons. The van der Waals surface area contributed by atoms with Crippen molar-refractivity contribution in [3.63, 3.8) is 0 Å². The van der Waals surface area contributed by atoms with Crippen LogP contribution in [0.2, 0.25) is 0 Å². The third-order valence-corrected chi connectivity index (χ3v) is 1.78. The van der Waals surface area contributed by atoms with Crippen LogP contribution in [0, 0.1) is 27.4 Å². The zero-order valence-electron chi connectivity index (χ0n) is 8.47. The molecule has 0 bridgehead atoms. The van der Waals surface area contributed by atoms with Crippen LogP contribution in [-0.4, -0.2) is 17.4 Å². The molecule has 0 aromatic carbocycles. The van der Waals surface area contributed by atoms with Crippen LogP contribution in [0.1, 0.15) is 17.5 Å². The van der Waals surface area contributed by atoms with Crippen molar-refractivity contribution >= 4 is 11.8 Å². The summed E-state index contributed by atoms with van der Waals surface area (Å²) in [6.45, 7) is 1.81. The molecule has 1 atom stereocenters. The van der Waals surface area contributed by atoms with Crippen LogP contribution < -0.4 is 5.32 Å². The lowest BCUT2D eigenvalue weighted by atomic mass is 10.2. The molecule has 1 rings (SSSR count). The van der Waals surface area contributed by atoms with Gasteiger partial charge in [0, 0.05) is 6.54 Å². The van der Waals surface area contributed by atoms with Crippen molar-refractivity contribution in [3.8, 4) is 6.07 Å². The molecule has 7 nitrogen and oxygen atoms in total. The van der Waals surface area contributed by atoms with Gasteiger partial charge in [0.1, 0.15) is 4.92 Å². The Kier molecular flexibility index (Phi) is 3.61. The largest absolute Gasteiger partial charge is 0.433 e. The summed E-state index contributed by atoms with van der Waals surface area (Å²) in [5.41, 5.74) is 0. The molecule has 0 aliphatic carbocycles. The number of nitrogens with zero attached hydrogens (tertiary/aromatic N) is 2. The number of rotatable bonds is 4. The molecule has 0 fully saturated rings. The van der Waals surface area contributed by atoms with Gasteiger partial charge in [-0.1, -0.05) is 0 Å². The number of amides is 1. The Morgan fingerprint density at radius 2 is 2.44 bits per heavy atom. The van der Waals surface area contributed by atoms with E-state index in [0.29, 0.717) is 0 Å². The molecule has 0 aliphatic rings. The summed E-state index contributed by atoms with van der Waals surface area (Å²) < 4.78 is 4.68. The van der Waals surface area contributed by atoms with E-state index in [2.05, 4.69) is 9.73 Å². The van der Waals surface area contributed by atoms with Gasteiger partial charge in [-0.05, 0) is 13.0 Å². The highest BCUT2D eigenvalue weighted by Crippen LogP contribution is 2.15. The summed E-state index contributed by atoms with van der Waals surface area (Å²) in [7, 11) is 0. The first kappa shape index (κ1) is 11.7. The second-order valence-corrected chi connectivity index (χ2v) is 3.14. The second kappa shape index (κ2) is 4.93. The maximum atomic E-state index is 11.4. The Hall–Kier alpha value is -2.36. The molecule has 1 aromatic rings. The van der Waals surface area contributed by atoms with Crippen LogP contribution in [0.25, 0.3) is 0 Å². The van der Waals surface area contributed by atoms with E-state index in [1.54, 1.807) is 6.92 Å². The number of nitro groups is 1.